The van der Waals surface area contributed by atoms with Crippen LogP contribution in [-0.4, -0.2) is 36.3 Å². The first kappa shape index (κ1) is 20.4. The van der Waals surface area contributed by atoms with Crippen molar-refractivity contribution in [1.29, 1.82) is 0 Å². The first-order valence-electron chi connectivity index (χ1n) is 9.70. The molecule has 0 aromatic heterocycles. The Morgan fingerprint density at radius 1 is 0.962 bits per heavy atom. The molecule has 1 saturated heterocycles. The van der Waals surface area contributed by atoms with Gasteiger partial charge in [0.1, 0.15) is 0 Å². The maximum absolute atomic E-state index is 11.9. The lowest BCUT2D eigenvalue weighted by molar-refractivity contribution is -0.128. The van der Waals surface area contributed by atoms with E-state index in [0.717, 1.165) is 12.1 Å². The second kappa shape index (κ2) is 9.72. The molecule has 0 bridgehead atoms. The van der Waals surface area contributed by atoms with Crippen molar-refractivity contribution in [2.45, 2.75) is 59.5 Å². The first-order valence-corrected chi connectivity index (χ1v) is 9.70. The fourth-order valence-electron chi connectivity index (χ4n) is 2.98. The number of benzene rings is 1. The van der Waals surface area contributed by atoms with Gasteiger partial charge in [0.2, 0.25) is 11.8 Å². The van der Waals surface area contributed by atoms with Gasteiger partial charge in [0.25, 0.3) is 0 Å². The van der Waals surface area contributed by atoms with Crippen LogP contribution in [0.3, 0.4) is 0 Å². The molecule has 1 heterocycles. The molecular weight excluding hydrogens is 326 g/mol. The summed E-state index contributed by atoms with van der Waals surface area (Å²) in [5.41, 5.74) is 2.00. The molecule has 0 unspecified atom stereocenters. The van der Waals surface area contributed by atoms with Gasteiger partial charge in [0.05, 0.1) is 0 Å². The van der Waals surface area contributed by atoms with E-state index in [-0.39, 0.29) is 11.8 Å². The van der Waals surface area contributed by atoms with Crippen LogP contribution in [0.25, 0.3) is 0 Å². The van der Waals surface area contributed by atoms with Crippen molar-refractivity contribution in [1.82, 2.24) is 15.5 Å². The minimum Gasteiger partial charge on any atom is -0.355 e. The molecular formula is C21H33N3O2. The fourth-order valence-corrected chi connectivity index (χ4v) is 2.98. The number of carbonyl (C=O) groups excluding carboxylic acids is 2. The van der Waals surface area contributed by atoms with Crippen molar-refractivity contribution < 1.29 is 9.59 Å². The van der Waals surface area contributed by atoms with Crippen LogP contribution in [0, 0.1) is 5.41 Å². The summed E-state index contributed by atoms with van der Waals surface area (Å²) in [7, 11) is 0. The van der Waals surface area contributed by atoms with Gasteiger partial charge in [0.15, 0.2) is 0 Å². The molecule has 1 aromatic rings. The number of hydrogen-bond acceptors (Lipinski definition) is 3. The van der Waals surface area contributed by atoms with Crippen LogP contribution in [0.15, 0.2) is 24.3 Å². The topological polar surface area (TPSA) is 61.4 Å². The molecule has 5 heteroatoms. The number of amides is 2. The van der Waals surface area contributed by atoms with Gasteiger partial charge in [-0.15, -0.1) is 0 Å². The zero-order valence-corrected chi connectivity index (χ0v) is 16.4. The van der Waals surface area contributed by atoms with E-state index in [9.17, 15) is 9.59 Å². The van der Waals surface area contributed by atoms with Crippen molar-refractivity contribution in [3.8, 4) is 0 Å². The van der Waals surface area contributed by atoms with E-state index in [1.807, 2.05) is 20.8 Å². The minimum atomic E-state index is -0.424. The number of nitrogens with one attached hydrogen (secondary N) is 2. The van der Waals surface area contributed by atoms with Crippen LogP contribution >= 0.6 is 0 Å². The van der Waals surface area contributed by atoms with Gasteiger partial charge in [-0.25, -0.2) is 0 Å². The van der Waals surface area contributed by atoms with Crippen LogP contribution in [0.4, 0.5) is 0 Å². The Morgan fingerprint density at radius 2 is 1.58 bits per heavy atom. The summed E-state index contributed by atoms with van der Waals surface area (Å²) in [5.74, 6) is -0.0776. The van der Waals surface area contributed by atoms with E-state index in [1.165, 1.54) is 37.9 Å². The summed E-state index contributed by atoms with van der Waals surface area (Å²) in [6.45, 7) is 9.88. The third kappa shape index (κ3) is 7.16. The summed E-state index contributed by atoms with van der Waals surface area (Å²) in [6, 6.07) is 8.47. The lowest BCUT2D eigenvalue weighted by Gasteiger charge is -2.26. The van der Waals surface area contributed by atoms with E-state index >= 15 is 0 Å². The predicted octanol–water partition coefficient (Wildman–Crippen LogP) is 2.84. The number of carbonyl (C=O) groups is 2. The number of likely N-dealkylation sites (tertiary alicyclic amines) is 1. The summed E-state index contributed by atoms with van der Waals surface area (Å²) >= 11 is 0. The zero-order valence-electron chi connectivity index (χ0n) is 16.4. The van der Waals surface area contributed by atoms with Crippen molar-refractivity contribution >= 4 is 11.8 Å². The van der Waals surface area contributed by atoms with Gasteiger partial charge < -0.3 is 10.6 Å². The van der Waals surface area contributed by atoms with E-state index in [0.29, 0.717) is 19.5 Å². The monoisotopic (exact) mass is 359 g/mol. The van der Waals surface area contributed by atoms with E-state index < -0.39 is 5.41 Å². The summed E-state index contributed by atoms with van der Waals surface area (Å²) < 4.78 is 0. The van der Waals surface area contributed by atoms with Crippen molar-refractivity contribution in [3.63, 3.8) is 0 Å². The molecule has 5 nitrogen and oxygen atoms in total. The van der Waals surface area contributed by atoms with Crippen LogP contribution in [0.1, 0.15) is 57.6 Å². The highest BCUT2D eigenvalue weighted by atomic mass is 16.2. The highest BCUT2D eigenvalue weighted by Crippen LogP contribution is 2.14. The molecule has 2 rings (SSSR count). The summed E-state index contributed by atoms with van der Waals surface area (Å²) in [5, 5.41) is 5.71. The Kier molecular flexibility index (Phi) is 7.64. The molecule has 1 aromatic carbocycles. The fraction of sp³-hybridized carbons (Fsp3) is 0.619. The molecule has 1 aliphatic rings. The van der Waals surface area contributed by atoms with Gasteiger partial charge in [-0.3, -0.25) is 14.5 Å². The Bertz CT molecular complexity index is 584. The largest absolute Gasteiger partial charge is 0.355 e. The second-order valence-corrected chi connectivity index (χ2v) is 8.19. The predicted molar refractivity (Wildman–Crippen MR) is 104 cm³/mol. The lowest BCUT2D eigenvalue weighted by Crippen LogP contribution is -2.37. The van der Waals surface area contributed by atoms with Gasteiger partial charge in [-0.05, 0) is 37.1 Å². The molecule has 1 fully saturated rings. The van der Waals surface area contributed by atoms with Crippen LogP contribution in [0.5, 0.6) is 0 Å². The minimum absolute atomic E-state index is 0.0328. The molecule has 2 N–H and O–H groups in total. The van der Waals surface area contributed by atoms with Gasteiger partial charge in [-0.2, -0.15) is 0 Å². The smallest absolute Gasteiger partial charge is 0.225 e. The summed E-state index contributed by atoms with van der Waals surface area (Å²) in [4.78, 5) is 26.2. The Balaban J connectivity index is 1.67. The lowest BCUT2D eigenvalue weighted by atomic mass is 9.96. The normalized spacial score (nSPS) is 15.5. The van der Waals surface area contributed by atoms with Crippen molar-refractivity contribution in [2.75, 3.05) is 19.6 Å². The maximum Gasteiger partial charge on any atom is 0.225 e. The molecule has 0 radical (unpaired) electrons. The SMILES string of the molecule is CC(C)(C)C(=O)NCCC(=O)NCc1ccc(CN2CCCCC2)cc1. The summed E-state index contributed by atoms with van der Waals surface area (Å²) in [6.07, 6.45) is 4.27. The molecule has 144 valence electrons. The Hall–Kier alpha value is -1.88. The van der Waals surface area contributed by atoms with E-state index in [4.69, 9.17) is 0 Å². The average molecular weight is 360 g/mol. The number of nitrogens with zero attached hydrogens (tertiary/aromatic N) is 1. The Labute approximate surface area is 157 Å². The molecule has 0 aliphatic carbocycles. The van der Waals surface area contributed by atoms with Crippen molar-refractivity contribution in [2.24, 2.45) is 5.41 Å². The molecule has 2 amide bonds. The molecule has 0 atom stereocenters. The van der Waals surface area contributed by atoms with Gasteiger partial charge >= 0.3 is 0 Å². The van der Waals surface area contributed by atoms with Crippen LogP contribution in [-0.2, 0) is 22.7 Å². The first-order chi connectivity index (χ1) is 12.3. The van der Waals surface area contributed by atoms with Gasteiger partial charge in [0, 0.05) is 31.5 Å². The number of hydrogen-bond donors (Lipinski definition) is 2. The highest BCUT2D eigenvalue weighted by molar-refractivity contribution is 5.82. The molecule has 0 saturated carbocycles. The zero-order chi connectivity index (χ0) is 19.0. The average Bonchev–Trinajstić information content (AvgIpc) is 2.61. The van der Waals surface area contributed by atoms with Gasteiger partial charge in [-0.1, -0.05) is 51.5 Å². The molecule has 26 heavy (non-hydrogen) atoms. The quantitative estimate of drug-likeness (QED) is 0.787. The van der Waals surface area contributed by atoms with Crippen LogP contribution in [0.2, 0.25) is 0 Å². The molecule has 0 spiro atoms. The van der Waals surface area contributed by atoms with Crippen LogP contribution < -0.4 is 10.6 Å². The highest BCUT2D eigenvalue weighted by Gasteiger charge is 2.20. The third-order valence-corrected chi connectivity index (χ3v) is 4.69. The van der Waals surface area contributed by atoms with E-state index in [1.54, 1.807) is 0 Å². The van der Waals surface area contributed by atoms with Crippen molar-refractivity contribution in [3.05, 3.63) is 35.4 Å². The Morgan fingerprint density at radius 3 is 2.19 bits per heavy atom. The number of piperidine rings is 1. The standard InChI is InChI=1S/C21H33N3O2/c1-21(2,3)20(26)22-12-11-19(25)23-15-17-7-9-18(10-8-17)16-24-13-5-4-6-14-24/h7-10H,4-6,11-16H2,1-3H3,(H,22,26)(H,23,25). The number of rotatable bonds is 7. The second-order valence-electron chi connectivity index (χ2n) is 8.19. The third-order valence-electron chi connectivity index (χ3n) is 4.69. The van der Waals surface area contributed by atoms with E-state index in [2.05, 4.69) is 39.8 Å². The maximum atomic E-state index is 11.9. The molecule has 1 aliphatic heterocycles.